The molecular weight excluding hydrogens is 395 g/mol. The summed E-state index contributed by atoms with van der Waals surface area (Å²) in [7, 11) is 0. The zero-order valence-electron chi connectivity index (χ0n) is 11.5. The highest BCUT2D eigenvalue weighted by Crippen LogP contribution is 2.36. The van der Waals surface area contributed by atoms with Gasteiger partial charge in [0.2, 0.25) is 0 Å². The number of carbonyl (C=O) groups excluding carboxylic acids is 1. The molecule has 7 heteroatoms. The highest BCUT2D eigenvalue weighted by Gasteiger charge is 2.33. The summed E-state index contributed by atoms with van der Waals surface area (Å²) in [5.41, 5.74) is -0.647. The summed E-state index contributed by atoms with van der Waals surface area (Å²) in [4.78, 5) is 11.9. The SMILES string of the molecule is O=C(C=CNc1ccc(Cl)cc1C(F)(F)F)c1ccc(Br)cc1. The van der Waals surface area contributed by atoms with Crippen molar-refractivity contribution in [3.63, 3.8) is 0 Å². The predicted octanol–water partition coefficient (Wildman–Crippen LogP) is 5.93. The molecule has 1 N–H and O–H groups in total. The van der Waals surface area contributed by atoms with Gasteiger partial charge in [-0.2, -0.15) is 13.2 Å². The molecule has 0 aliphatic rings. The van der Waals surface area contributed by atoms with Gasteiger partial charge >= 0.3 is 6.18 Å². The molecule has 23 heavy (non-hydrogen) atoms. The fraction of sp³-hybridized carbons (Fsp3) is 0.0625. The molecular formula is C16H10BrClF3NO. The van der Waals surface area contributed by atoms with Crippen molar-refractivity contribution in [2.75, 3.05) is 5.32 Å². The molecule has 0 bridgehead atoms. The lowest BCUT2D eigenvalue weighted by atomic mass is 10.1. The van der Waals surface area contributed by atoms with Gasteiger partial charge in [-0.05, 0) is 42.5 Å². The van der Waals surface area contributed by atoms with Crippen molar-refractivity contribution in [3.05, 3.63) is 75.4 Å². The minimum Gasteiger partial charge on any atom is -0.361 e. The Morgan fingerprint density at radius 1 is 1.13 bits per heavy atom. The van der Waals surface area contributed by atoms with Gasteiger partial charge in [-0.25, -0.2) is 0 Å². The number of hydrogen-bond acceptors (Lipinski definition) is 2. The largest absolute Gasteiger partial charge is 0.418 e. The molecule has 120 valence electrons. The third-order valence-corrected chi connectivity index (χ3v) is 3.65. The fourth-order valence-electron chi connectivity index (χ4n) is 1.79. The number of ketones is 1. The summed E-state index contributed by atoms with van der Waals surface area (Å²) < 4.78 is 39.6. The van der Waals surface area contributed by atoms with Crippen LogP contribution in [0.4, 0.5) is 18.9 Å². The van der Waals surface area contributed by atoms with Crippen LogP contribution in [0, 0.1) is 0 Å². The summed E-state index contributed by atoms with van der Waals surface area (Å²) >= 11 is 8.85. The van der Waals surface area contributed by atoms with Crippen molar-refractivity contribution in [2.24, 2.45) is 0 Å². The third-order valence-electron chi connectivity index (χ3n) is 2.89. The smallest absolute Gasteiger partial charge is 0.361 e. The topological polar surface area (TPSA) is 29.1 Å². The van der Waals surface area contributed by atoms with Crippen molar-refractivity contribution >= 4 is 39.0 Å². The number of rotatable bonds is 4. The number of benzene rings is 2. The van der Waals surface area contributed by atoms with E-state index in [1.165, 1.54) is 18.3 Å². The number of alkyl halides is 3. The second-order valence-corrected chi connectivity index (χ2v) is 5.89. The van der Waals surface area contributed by atoms with Gasteiger partial charge in [0.25, 0.3) is 0 Å². The van der Waals surface area contributed by atoms with E-state index in [4.69, 9.17) is 11.6 Å². The molecule has 2 rings (SSSR count). The molecule has 0 aromatic heterocycles. The van der Waals surface area contributed by atoms with Crippen molar-refractivity contribution in [1.29, 1.82) is 0 Å². The maximum atomic E-state index is 12.9. The van der Waals surface area contributed by atoms with E-state index in [1.54, 1.807) is 24.3 Å². The molecule has 0 aliphatic heterocycles. The monoisotopic (exact) mass is 403 g/mol. The zero-order chi connectivity index (χ0) is 17.0. The van der Waals surface area contributed by atoms with E-state index in [1.807, 2.05) is 0 Å². The van der Waals surface area contributed by atoms with E-state index in [0.717, 1.165) is 16.6 Å². The molecule has 2 aromatic carbocycles. The number of hydrogen-bond donors (Lipinski definition) is 1. The molecule has 0 unspecified atom stereocenters. The predicted molar refractivity (Wildman–Crippen MR) is 87.7 cm³/mol. The summed E-state index contributed by atoms with van der Waals surface area (Å²) in [6.07, 6.45) is -2.21. The second kappa shape index (κ2) is 7.19. The van der Waals surface area contributed by atoms with Crippen LogP contribution in [0.5, 0.6) is 0 Å². The maximum absolute atomic E-state index is 12.9. The number of halogens is 5. The van der Waals surface area contributed by atoms with Crippen LogP contribution in [0.1, 0.15) is 15.9 Å². The van der Waals surface area contributed by atoms with Gasteiger partial charge in [0.1, 0.15) is 0 Å². The molecule has 0 radical (unpaired) electrons. The Hall–Kier alpha value is -1.79. The first kappa shape index (κ1) is 17.6. The van der Waals surface area contributed by atoms with Gasteiger partial charge in [0.15, 0.2) is 5.78 Å². The summed E-state index contributed by atoms with van der Waals surface area (Å²) in [6, 6.07) is 10.0. The number of anilines is 1. The Morgan fingerprint density at radius 2 is 1.78 bits per heavy atom. The average molecular weight is 405 g/mol. The van der Waals surface area contributed by atoms with Gasteiger partial charge in [-0.1, -0.05) is 27.5 Å². The van der Waals surface area contributed by atoms with E-state index in [-0.39, 0.29) is 16.5 Å². The van der Waals surface area contributed by atoms with Crippen molar-refractivity contribution in [3.8, 4) is 0 Å². The van der Waals surface area contributed by atoms with Crippen LogP contribution in [0.15, 0.2) is 59.2 Å². The lowest BCUT2D eigenvalue weighted by Gasteiger charge is -2.12. The van der Waals surface area contributed by atoms with Gasteiger partial charge in [-0.15, -0.1) is 0 Å². The number of nitrogens with one attached hydrogen (secondary N) is 1. The molecule has 0 atom stereocenters. The van der Waals surface area contributed by atoms with E-state index in [2.05, 4.69) is 21.2 Å². The molecule has 0 saturated carbocycles. The van der Waals surface area contributed by atoms with Crippen molar-refractivity contribution < 1.29 is 18.0 Å². The lowest BCUT2D eigenvalue weighted by Crippen LogP contribution is -2.08. The molecule has 0 heterocycles. The highest BCUT2D eigenvalue weighted by molar-refractivity contribution is 9.10. The standard InChI is InChI=1S/C16H10BrClF3NO/c17-11-3-1-10(2-4-11)15(23)7-8-22-14-6-5-12(18)9-13(14)16(19,20)21/h1-9,22H. The van der Waals surface area contributed by atoms with E-state index in [9.17, 15) is 18.0 Å². The first-order chi connectivity index (χ1) is 10.8. The van der Waals surface area contributed by atoms with Crippen LogP contribution in [0.2, 0.25) is 5.02 Å². The van der Waals surface area contributed by atoms with Gasteiger partial charge in [0.05, 0.1) is 11.3 Å². The average Bonchev–Trinajstić information content (AvgIpc) is 2.48. The van der Waals surface area contributed by atoms with Crippen LogP contribution in [-0.2, 0) is 6.18 Å². The normalized spacial score (nSPS) is 11.7. The number of carbonyl (C=O) groups is 1. The fourth-order valence-corrected chi connectivity index (χ4v) is 2.23. The van der Waals surface area contributed by atoms with Crippen molar-refractivity contribution in [2.45, 2.75) is 6.18 Å². The summed E-state index contributed by atoms with van der Waals surface area (Å²) in [5.74, 6) is -0.326. The highest BCUT2D eigenvalue weighted by atomic mass is 79.9. The van der Waals surface area contributed by atoms with E-state index < -0.39 is 11.7 Å². The Labute approximate surface area is 144 Å². The van der Waals surface area contributed by atoms with E-state index in [0.29, 0.717) is 5.56 Å². The van der Waals surface area contributed by atoms with Crippen LogP contribution in [0.25, 0.3) is 0 Å². The molecule has 0 spiro atoms. The van der Waals surface area contributed by atoms with Gasteiger partial charge in [0, 0.05) is 27.3 Å². The molecule has 2 nitrogen and oxygen atoms in total. The Bertz CT molecular complexity index is 742. The minimum atomic E-state index is -4.54. The second-order valence-electron chi connectivity index (χ2n) is 4.54. The molecule has 2 aromatic rings. The van der Waals surface area contributed by atoms with E-state index >= 15 is 0 Å². The Kier molecular flexibility index (Phi) is 5.49. The molecule has 0 amide bonds. The number of allylic oxidation sites excluding steroid dienone is 1. The molecule has 0 aliphatic carbocycles. The summed E-state index contributed by atoms with van der Waals surface area (Å²) in [5, 5.41) is 2.45. The summed E-state index contributed by atoms with van der Waals surface area (Å²) in [6.45, 7) is 0. The zero-order valence-corrected chi connectivity index (χ0v) is 13.8. The molecule has 0 fully saturated rings. The Balaban J connectivity index is 2.14. The quantitative estimate of drug-likeness (QED) is 0.505. The minimum absolute atomic E-state index is 0.0159. The Morgan fingerprint density at radius 3 is 2.39 bits per heavy atom. The van der Waals surface area contributed by atoms with Gasteiger partial charge in [-0.3, -0.25) is 4.79 Å². The van der Waals surface area contributed by atoms with Crippen molar-refractivity contribution in [1.82, 2.24) is 0 Å². The van der Waals surface area contributed by atoms with Crippen LogP contribution in [0.3, 0.4) is 0 Å². The first-order valence-electron chi connectivity index (χ1n) is 6.37. The third kappa shape index (κ3) is 4.84. The lowest BCUT2D eigenvalue weighted by molar-refractivity contribution is -0.136. The van der Waals surface area contributed by atoms with Crippen LogP contribution in [-0.4, -0.2) is 5.78 Å². The van der Waals surface area contributed by atoms with Gasteiger partial charge < -0.3 is 5.32 Å². The van der Waals surface area contributed by atoms with Crippen LogP contribution >= 0.6 is 27.5 Å². The molecule has 0 saturated heterocycles. The first-order valence-corrected chi connectivity index (χ1v) is 7.54. The maximum Gasteiger partial charge on any atom is 0.418 e. The van der Waals surface area contributed by atoms with Crippen LogP contribution < -0.4 is 5.32 Å².